The first-order chi connectivity index (χ1) is 11.0. The van der Waals surface area contributed by atoms with Crippen LogP contribution in [0.15, 0.2) is 34.7 Å². The van der Waals surface area contributed by atoms with E-state index < -0.39 is 5.97 Å². The van der Waals surface area contributed by atoms with Crippen LogP contribution in [0.1, 0.15) is 37.8 Å². The van der Waals surface area contributed by atoms with Crippen molar-refractivity contribution in [3.05, 3.63) is 58.5 Å². The minimum atomic E-state index is -0.455. The van der Waals surface area contributed by atoms with Crippen molar-refractivity contribution in [3.8, 4) is 0 Å². The first-order valence-corrected chi connectivity index (χ1v) is 7.18. The Kier molecular flexibility index (Phi) is 7.00. The second-order valence-electron chi connectivity index (χ2n) is 5.24. The van der Waals surface area contributed by atoms with E-state index in [4.69, 9.17) is 10.2 Å². The maximum atomic E-state index is 12.4. The Morgan fingerprint density at radius 2 is 1.88 bits per heavy atom. The molecule has 0 unspecified atom stereocenters. The SMILES string of the molecule is COC(=O)c1cc(CN(C)C(=O)c2ccc(CN)cc2)oc1C.Cl. The van der Waals surface area contributed by atoms with Crippen molar-refractivity contribution in [1.29, 1.82) is 0 Å². The zero-order valence-electron chi connectivity index (χ0n) is 13.9. The smallest absolute Gasteiger partial charge is 0.341 e. The number of esters is 1. The number of ether oxygens (including phenoxy) is 1. The maximum absolute atomic E-state index is 12.4. The van der Waals surface area contributed by atoms with Crippen LogP contribution in [0.5, 0.6) is 0 Å². The number of halogens is 1. The Morgan fingerprint density at radius 1 is 1.25 bits per heavy atom. The fraction of sp³-hybridized carbons (Fsp3) is 0.294. The van der Waals surface area contributed by atoms with Crippen LogP contribution in [0.25, 0.3) is 0 Å². The van der Waals surface area contributed by atoms with Crippen LogP contribution < -0.4 is 5.73 Å². The van der Waals surface area contributed by atoms with Crippen molar-refractivity contribution in [2.75, 3.05) is 14.2 Å². The zero-order valence-corrected chi connectivity index (χ0v) is 14.7. The molecule has 7 heteroatoms. The van der Waals surface area contributed by atoms with Crippen LogP contribution in [0.3, 0.4) is 0 Å². The Hall–Kier alpha value is -2.31. The van der Waals surface area contributed by atoms with Gasteiger partial charge in [0.1, 0.15) is 17.1 Å². The van der Waals surface area contributed by atoms with Crippen LogP contribution in [-0.2, 0) is 17.8 Å². The average molecular weight is 353 g/mol. The van der Waals surface area contributed by atoms with E-state index in [1.165, 1.54) is 12.0 Å². The molecule has 24 heavy (non-hydrogen) atoms. The third kappa shape index (κ3) is 4.37. The molecule has 0 atom stereocenters. The highest BCUT2D eigenvalue weighted by Gasteiger charge is 2.18. The molecule has 1 aromatic heterocycles. The summed E-state index contributed by atoms with van der Waals surface area (Å²) in [5, 5.41) is 0. The van der Waals surface area contributed by atoms with Gasteiger partial charge in [-0.1, -0.05) is 12.1 Å². The average Bonchev–Trinajstić information content (AvgIpc) is 2.93. The molecule has 1 heterocycles. The summed E-state index contributed by atoms with van der Waals surface area (Å²) in [5.41, 5.74) is 7.45. The monoisotopic (exact) mass is 352 g/mol. The third-order valence-electron chi connectivity index (χ3n) is 3.55. The van der Waals surface area contributed by atoms with Gasteiger partial charge in [0, 0.05) is 19.2 Å². The minimum absolute atomic E-state index is 0. The van der Waals surface area contributed by atoms with Crippen molar-refractivity contribution >= 4 is 24.3 Å². The standard InChI is InChI=1S/C17H20N2O4.ClH/c1-11-15(17(21)22-3)8-14(23-11)10-19(2)16(20)13-6-4-12(9-18)5-7-13;/h4-8H,9-10,18H2,1-3H3;1H. The van der Waals surface area contributed by atoms with Gasteiger partial charge in [0.25, 0.3) is 5.91 Å². The summed E-state index contributed by atoms with van der Waals surface area (Å²) in [6, 6.07) is 8.74. The number of rotatable bonds is 5. The van der Waals surface area contributed by atoms with Crippen LogP contribution in [0, 0.1) is 6.92 Å². The number of nitrogens with two attached hydrogens (primary N) is 1. The lowest BCUT2D eigenvalue weighted by Crippen LogP contribution is -2.26. The highest BCUT2D eigenvalue weighted by Crippen LogP contribution is 2.18. The lowest BCUT2D eigenvalue weighted by molar-refractivity contribution is 0.0598. The lowest BCUT2D eigenvalue weighted by Gasteiger charge is -2.16. The molecule has 0 saturated heterocycles. The van der Waals surface area contributed by atoms with E-state index in [0.717, 1.165) is 5.56 Å². The summed E-state index contributed by atoms with van der Waals surface area (Å²) in [5.74, 6) is 0.406. The summed E-state index contributed by atoms with van der Waals surface area (Å²) in [4.78, 5) is 25.5. The Bertz CT molecular complexity index is 710. The fourth-order valence-electron chi connectivity index (χ4n) is 2.24. The molecule has 2 rings (SSSR count). The van der Waals surface area contributed by atoms with E-state index in [1.807, 2.05) is 12.1 Å². The summed E-state index contributed by atoms with van der Waals surface area (Å²) in [7, 11) is 2.99. The van der Waals surface area contributed by atoms with Crippen molar-refractivity contribution in [3.63, 3.8) is 0 Å². The van der Waals surface area contributed by atoms with Gasteiger partial charge in [-0.05, 0) is 30.7 Å². The number of methoxy groups -OCH3 is 1. The molecule has 1 aromatic carbocycles. The number of carbonyl (C=O) groups is 2. The van der Waals surface area contributed by atoms with Crippen LogP contribution in [0.2, 0.25) is 0 Å². The quantitative estimate of drug-likeness (QED) is 0.836. The van der Waals surface area contributed by atoms with E-state index >= 15 is 0 Å². The van der Waals surface area contributed by atoms with Crippen LogP contribution in [0.4, 0.5) is 0 Å². The molecule has 0 bridgehead atoms. The Morgan fingerprint density at radius 3 is 2.42 bits per heavy atom. The summed E-state index contributed by atoms with van der Waals surface area (Å²) >= 11 is 0. The molecule has 0 aliphatic carbocycles. The van der Waals surface area contributed by atoms with Gasteiger partial charge in [-0.25, -0.2) is 4.79 Å². The molecule has 6 nitrogen and oxygen atoms in total. The van der Waals surface area contributed by atoms with Crippen LogP contribution >= 0.6 is 12.4 Å². The Balaban J connectivity index is 0.00000288. The van der Waals surface area contributed by atoms with Gasteiger partial charge in [-0.3, -0.25) is 4.79 Å². The van der Waals surface area contributed by atoms with E-state index in [0.29, 0.717) is 29.2 Å². The number of hydrogen-bond acceptors (Lipinski definition) is 5. The second kappa shape index (κ2) is 8.52. The predicted molar refractivity (Wildman–Crippen MR) is 92.2 cm³/mol. The van der Waals surface area contributed by atoms with Gasteiger partial charge in [0.2, 0.25) is 0 Å². The topological polar surface area (TPSA) is 85.8 Å². The van der Waals surface area contributed by atoms with E-state index in [2.05, 4.69) is 4.74 Å². The molecule has 0 fully saturated rings. The van der Waals surface area contributed by atoms with Gasteiger partial charge >= 0.3 is 5.97 Å². The van der Waals surface area contributed by atoms with Gasteiger partial charge in [0.05, 0.1) is 13.7 Å². The molecular formula is C17H21ClN2O4. The summed E-state index contributed by atoms with van der Waals surface area (Å²) in [6.07, 6.45) is 0. The van der Waals surface area contributed by atoms with E-state index in [9.17, 15) is 9.59 Å². The first-order valence-electron chi connectivity index (χ1n) is 7.18. The highest BCUT2D eigenvalue weighted by molar-refractivity contribution is 5.94. The lowest BCUT2D eigenvalue weighted by atomic mass is 10.1. The summed E-state index contributed by atoms with van der Waals surface area (Å²) in [6.45, 7) is 2.38. The maximum Gasteiger partial charge on any atom is 0.341 e. The number of nitrogens with zero attached hydrogens (tertiary/aromatic N) is 1. The molecule has 0 spiro atoms. The van der Waals surface area contributed by atoms with Gasteiger partial charge in [-0.15, -0.1) is 12.4 Å². The highest BCUT2D eigenvalue weighted by atomic mass is 35.5. The van der Waals surface area contributed by atoms with E-state index in [-0.39, 0.29) is 24.9 Å². The zero-order chi connectivity index (χ0) is 17.0. The molecule has 2 aromatic rings. The number of amides is 1. The molecule has 0 radical (unpaired) electrons. The molecule has 2 N–H and O–H groups in total. The second-order valence-corrected chi connectivity index (χ2v) is 5.24. The minimum Gasteiger partial charge on any atom is -0.465 e. The number of aryl methyl sites for hydroxylation is 1. The van der Waals surface area contributed by atoms with Crippen molar-refractivity contribution in [1.82, 2.24) is 4.90 Å². The molecular weight excluding hydrogens is 332 g/mol. The van der Waals surface area contributed by atoms with Gasteiger partial charge in [-0.2, -0.15) is 0 Å². The molecule has 0 saturated carbocycles. The number of hydrogen-bond donors (Lipinski definition) is 1. The molecule has 0 aliphatic heterocycles. The number of carbonyl (C=O) groups excluding carboxylic acids is 2. The van der Waals surface area contributed by atoms with Gasteiger partial charge in [0.15, 0.2) is 0 Å². The van der Waals surface area contributed by atoms with Gasteiger partial charge < -0.3 is 19.8 Å². The molecule has 130 valence electrons. The van der Waals surface area contributed by atoms with Crippen molar-refractivity contribution in [2.45, 2.75) is 20.0 Å². The number of furan rings is 1. The van der Waals surface area contributed by atoms with E-state index in [1.54, 1.807) is 32.2 Å². The van der Waals surface area contributed by atoms with Crippen molar-refractivity contribution < 1.29 is 18.7 Å². The fourth-order valence-corrected chi connectivity index (χ4v) is 2.24. The third-order valence-corrected chi connectivity index (χ3v) is 3.55. The van der Waals surface area contributed by atoms with Crippen molar-refractivity contribution in [2.24, 2.45) is 5.73 Å². The predicted octanol–water partition coefficient (Wildman–Crippen LogP) is 2.53. The number of benzene rings is 1. The Labute approximate surface area is 147 Å². The normalized spacial score (nSPS) is 10.0. The molecule has 0 aliphatic rings. The molecule has 1 amide bonds. The summed E-state index contributed by atoms with van der Waals surface area (Å²) < 4.78 is 10.2. The van der Waals surface area contributed by atoms with Crippen LogP contribution in [-0.4, -0.2) is 30.9 Å². The largest absolute Gasteiger partial charge is 0.465 e. The first kappa shape index (κ1) is 19.7.